The number of pyridine rings is 1. The quantitative estimate of drug-likeness (QED) is 0.421. The molecule has 0 unspecified atom stereocenters. The van der Waals surface area contributed by atoms with Crippen molar-refractivity contribution in [3.63, 3.8) is 0 Å². The largest absolute Gasteiger partial charge is 0.480 e. The molecule has 1 fully saturated rings. The van der Waals surface area contributed by atoms with Gasteiger partial charge in [-0.3, -0.25) is 9.78 Å². The van der Waals surface area contributed by atoms with Crippen LogP contribution in [0, 0.1) is 18.6 Å². The summed E-state index contributed by atoms with van der Waals surface area (Å²) in [6, 6.07) is 11.4. The summed E-state index contributed by atoms with van der Waals surface area (Å²) in [4.78, 5) is 15.0. The number of benzene rings is 2. The summed E-state index contributed by atoms with van der Waals surface area (Å²) >= 11 is 0. The van der Waals surface area contributed by atoms with Crippen molar-refractivity contribution in [3.8, 4) is 5.75 Å². The van der Waals surface area contributed by atoms with Crippen LogP contribution >= 0.6 is 24.8 Å². The van der Waals surface area contributed by atoms with Crippen LogP contribution in [0.25, 0.3) is 0 Å². The van der Waals surface area contributed by atoms with E-state index in [4.69, 9.17) is 15.6 Å². The van der Waals surface area contributed by atoms with Gasteiger partial charge in [0.1, 0.15) is 23.4 Å². The molecule has 0 saturated carbocycles. The summed E-state index contributed by atoms with van der Waals surface area (Å²) in [7, 11) is -3.97. The summed E-state index contributed by atoms with van der Waals surface area (Å²) in [5, 5.41) is 9.03. The fraction of sp³-hybridized carbons (Fsp3) is 0.250. The molecule has 3 aromatic rings. The zero-order valence-electron chi connectivity index (χ0n) is 19.5. The third kappa shape index (κ3) is 6.36. The Kier molecular flexibility index (Phi) is 9.61. The molecule has 2 aromatic carbocycles. The topological polar surface area (TPSA) is 123 Å². The minimum absolute atomic E-state index is 0. The van der Waals surface area contributed by atoms with Crippen LogP contribution in [0.1, 0.15) is 16.8 Å². The van der Waals surface area contributed by atoms with Crippen LogP contribution in [0.15, 0.2) is 65.7 Å². The zero-order valence-corrected chi connectivity index (χ0v) is 22.0. The highest BCUT2D eigenvalue weighted by Gasteiger charge is 2.52. The first-order chi connectivity index (χ1) is 16.5. The summed E-state index contributed by atoms with van der Waals surface area (Å²) in [6.45, 7) is 1.27. The Morgan fingerprint density at radius 1 is 1.16 bits per heavy atom. The summed E-state index contributed by atoms with van der Waals surface area (Å²) in [6.07, 6.45) is 1.31. The highest BCUT2D eigenvalue weighted by Crippen LogP contribution is 2.40. The van der Waals surface area contributed by atoms with E-state index in [2.05, 4.69) is 4.98 Å². The molecule has 0 bridgehead atoms. The normalized spacial score (nSPS) is 15.5. The number of carboxylic acids is 1. The van der Waals surface area contributed by atoms with E-state index < -0.39 is 39.3 Å². The van der Waals surface area contributed by atoms with Crippen molar-refractivity contribution in [2.75, 3.05) is 13.1 Å². The number of ether oxygens (including phenoxy) is 1. The minimum Gasteiger partial charge on any atom is -0.480 e. The predicted octanol–water partition coefficient (Wildman–Crippen LogP) is 3.45. The lowest BCUT2D eigenvalue weighted by Crippen LogP contribution is -2.64. The first-order valence-electron chi connectivity index (χ1n) is 10.6. The van der Waals surface area contributed by atoms with E-state index in [1.165, 1.54) is 66.0 Å². The van der Waals surface area contributed by atoms with Crippen molar-refractivity contribution in [3.05, 3.63) is 89.2 Å². The van der Waals surface area contributed by atoms with Crippen LogP contribution in [-0.4, -0.2) is 47.9 Å². The maximum absolute atomic E-state index is 14.1. The lowest BCUT2D eigenvalue weighted by molar-refractivity contribution is -0.138. The fourth-order valence-electron chi connectivity index (χ4n) is 3.85. The van der Waals surface area contributed by atoms with Gasteiger partial charge < -0.3 is 15.6 Å². The first kappa shape index (κ1) is 30.4. The molecule has 0 spiro atoms. The molecule has 8 nitrogen and oxygen atoms in total. The van der Waals surface area contributed by atoms with Crippen LogP contribution in [0.3, 0.4) is 0 Å². The lowest BCUT2D eigenvalue weighted by atomic mass is 9.87. The second-order valence-electron chi connectivity index (χ2n) is 8.41. The van der Waals surface area contributed by atoms with Gasteiger partial charge in [0.15, 0.2) is 5.60 Å². The van der Waals surface area contributed by atoms with Crippen molar-refractivity contribution in [2.45, 2.75) is 29.9 Å². The van der Waals surface area contributed by atoms with Crippen LogP contribution < -0.4 is 10.5 Å². The number of carboxylic acid groups (broad SMARTS) is 1. The number of aliphatic carboxylic acids is 1. The SMILES string of the molecule is Cc1ncc(OC2(c3ccc(F)cc3)CN(S(=O)(=O)c3cccc(C[C@H](N)C(=O)O)c3)C2)cc1F.Cl.Cl. The average Bonchev–Trinajstić information content (AvgIpc) is 2.79. The van der Waals surface area contributed by atoms with Crippen molar-refractivity contribution < 1.29 is 31.8 Å². The summed E-state index contributed by atoms with van der Waals surface area (Å²) in [5.41, 5.74) is 5.56. The third-order valence-electron chi connectivity index (χ3n) is 5.86. The van der Waals surface area contributed by atoms with Gasteiger partial charge in [-0.2, -0.15) is 4.31 Å². The van der Waals surface area contributed by atoms with Crippen molar-refractivity contribution in [1.29, 1.82) is 0 Å². The molecule has 3 N–H and O–H groups in total. The molecule has 1 saturated heterocycles. The van der Waals surface area contributed by atoms with Gasteiger partial charge in [-0.15, -0.1) is 24.8 Å². The predicted molar refractivity (Wildman–Crippen MR) is 137 cm³/mol. The smallest absolute Gasteiger partial charge is 0.320 e. The lowest BCUT2D eigenvalue weighted by Gasteiger charge is -2.48. The summed E-state index contributed by atoms with van der Waals surface area (Å²) in [5.74, 6) is -2.12. The molecule has 1 aromatic heterocycles. The Morgan fingerprint density at radius 3 is 2.41 bits per heavy atom. The van der Waals surface area contributed by atoms with Crippen molar-refractivity contribution in [2.24, 2.45) is 5.73 Å². The monoisotopic (exact) mass is 575 g/mol. The number of rotatable bonds is 8. The Hall–Kier alpha value is -2.83. The van der Waals surface area contributed by atoms with E-state index in [-0.39, 0.29) is 60.7 Å². The number of aryl methyl sites for hydroxylation is 1. The van der Waals surface area contributed by atoms with Gasteiger partial charge in [-0.25, -0.2) is 17.2 Å². The number of hydrogen-bond donors (Lipinski definition) is 2. The third-order valence-corrected chi connectivity index (χ3v) is 7.64. The van der Waals surface area contributed by atoms with E-state index in [1.54, 1.807) is 6.07 Å². The number of nitrogens with two attached hydrogens (primary N) is 1. The second kappa shape index (κ2) is 11.7. The first-order valence-corrected chi connectivity index (χ1v) is 12.1. The maximum Gasteiger partial charge on any atom is 0.320 e. The molecule has 0 radical (unpaired) electrons. The maximum atomic E-state index is 14.1. The van der Waals surface area contributed by atoms with Gasteiger partial charge in [0.2, 0.25) is 10.0 Å². The molecule has 1 aliphatic rings. The number of halogens is 4. The van der Waals surface area contributed by atoms with Crippen molar-refractivity contribution >= 4 is 40.8 Å². The van der Waals surface area contributed by atoms with E-state index in [0.717, 1.165) is 0 Å². The molecule has 2 heterocycles. The Balaban J connectivity index is 0.00000241. The fourth-order valence-corrected chi connectivity index (χ4v) is 5.45. The number of hydrogen-bond acceptors (Lipinski definition) is 6. The highest BCUT2D eigenvalue weighted by molar-refractivity contribution is 7.89. The molecule has 200 valence electrons. The van der Waals surface area contributed by atoms with Gasteiger partial charge in [0, 0.05) is 6.07 Å². The van der Waals surface area contributed by atoms with Gasteiger partial charge in [-0.05, 0) is 48.7 Å². The van der Waals surface area contributed by atoms with Crippen LogP contribution in [0.2, 0.25) is 0 Å². The summed E-state index contributed by atoms with van der Waals surface area (Å²) < 4.78 is 61.4. The van der Waals surface area contributed by atoms with Gasteiger partial charge in [0.25, 0.3) is 0 Å². The van der Waals surface area contributed by atoms with Crippen LogP contribution in [-0.2, 0) is 26.8 Å². The molecule has 1 atom stereocenters. The molecule has 0 aliphatic carbocycles. The molecule has 0 amide bonds. The number of carbonyl (C=O) groups is 1. The molecule has 37 heavy (non-hydrogen) atoms. The van der Waals surface area contributed by atoms with Crippen molar-refractivity contribution in [1.82, 2.24) is 9.29 Å². The Labute approximate surface area is 225 Å². The molecule has 4 rings (SSSR count). The van der Waals surface area contributed by atoms with Crippen LogP contribution in [0.4, 0.5) is 8.78 Å². The molecular weight excluding hydrogens is 551 g/mol. The molecule has 13 heteroatoms. The molecule has 1 aliphatic heterocycles. The van der Waals surface area contributed by atoms with Crippen LogP contribution in [0.5, 0.6) is 5.75 Å². The van der Waals surface area contributed by atoms with Gasteiger partial charge in [-0.1, -0.05) is 24.3 Å². The zero-order chi connectivity index (χ0) is 25.4. The van der Waals surface area contributed by atoms with E-state index in [9.17, 15) is 22.0 Å². The van der Waals surface area contributed by atoms with E-state index >= 15 is 0 Å². The highest BCUT2D eigenvalue weighted by atomic mass is 35.5. The van der Waals surface area contributed by atoms with E-state index in [1.807, 2.05) is 0 Å². The minimum atomic E-state index is -3.97. The number of sulfonamides is 1. The van der Waals surface area contributed by atoms with Gasteiger partial charge in [0.05, 0.1) is 29.9 Å². The Bertz CT molecular complexity index is 1370. The average molecular weight is 576 g/mol. The van der Waals surface area contributed by atoms with E-state index in [0.29, 0.717) is 11.1 Å². The number of aromatic nitrogens is 1. The number of nitrogens with zero attached hydrogens (tertiary/aromatic N) is 2. The second-order valence-corrected chi connectivity index (χ2v) is 10.3. The standard InChI is InChI=1S/C24H23F2N3O5S.2ClH/c1-15-21(26)11-19(12-28-15)34-24(17-5-7-18(25)8-6-17)13-29(14-24)35(32,33)20-4-2-3-16(9-20)10-22(27)23(30)31;;/h2-9,11-12,22H,10,13-14,27H2,1H3,(H,30,31);2*1H/t22-;;/m0../s1. The Morgan fingerprint density at radius 2 is 1.81 bits per heavy atom. The van der Waals surface area contributed by atoms with Gasteiger partial charge >= 0.3 is 5.97 Å². The molecular formula is C24H25Cl2F2N3O5S.